The van der Waals surface area contributed by atoms with Crippen LogP contribution in [0.3, 0.4) is 0 Å². The molecule has 3 rings (SSSR count). The highest BCUT2D eigenvalue weighted by atomic mass is 32.2. The first kappa shape index (κ1) is 19.4. The number of anilines is 1. The molecule has 0 radical (unpaired) electrons. The fraction of sp³-hybridized carbons (Fsp3) is 0.353. The van der Waals surface area contributed by atoms with Crippen LogP contribution in [0.2, 0.25) is 0 Å². The van der Waals surface area contributed by atoms with Gasteiger partial charge in [0.1, 0.15) is 11.6 Å². The average molecular weight is 401 g/mol. The van der Waals surface area contributed by atoms with Crippen LogP contribution in [0, 0.1) is 6.92 Å². The Morgan fingerprint density at radius 1 is 1.00 bits per heavy atom. The Kier molecular flexibility index (Phi) is 5.29. The number of aryl methyl sites for hydroxylation is 1. The standard InChI is InChI=1S/C17H18F3N3O3S/c1-13-3-2-4-16(21-13)22-9-11-23(12-10-22)27(24,25)15-7-5-14(6-8-15)26-17(18,19)20/h2-8H,9-12H2,1H3. The van der Waals surface area contributed by atoms with Crippen LogP contribution in [0.4, 0.5) is 19.0 Å². The molecule has 0 bridgehead atoms. The second kappa shape index (κ2) is 7.35. The number of piperazine rings is 1. The van der Waals surface area contributed by atoms with E-state index in [0.717, 1.165) is 35.8 Å². The number of aromatic nitrogens is 1. The van der Waals surface area contributed by atoms with Crippen LogP contribution in [-0.4, -0.2) is 50.2 Å². The molecule has 10 heteroatoms. The maximum Gasteiger partial charge on any atom is 0.573 e. The minimum Gasteiger partial charge on any atom is -0.406 e. The highest BCUT2D eigenvalue weighted by Crippen LogP contribution is 2.26. The largest absolute Gasteiger partial charge is 0.573 e. The summed E-state index contributed by atoms with van der Waals surface area (Å²) in [6.45, 7) is 3.36. The number of rotatable bonds is 4. The van der Waals surface area contributed by atoms with E-state index in [1.165, 1.54) is 4.31 Å². The number of benzene rings is 1. The molecule has 0 atom stereocenters. The maximum atomic E-state index is 12.7. The summed E-state index contributed by atoms with van der Waals surface area (Å²) in [7, 11) is -3.79. The Morgan fingerprint density at radius 2 is 1.63 bits per heavy atom. The van der Waals surface area contributed by atoms with Crippen LogP contribution in [0.15, 0.2) is 47.4 Å². The van der Waals surface area contributed by atoms with Crippen LogP contribution < -0.4 is 9.64 Å². The van der Waals surface area contributed by atoms with Crippen molar-refractivity contribution in [2.45, 2.75) is 18.2 Å². The highest BCUT2D eigenvalue weighted by Gasteiger charge is 2.32. The molecule has 1 aromatic heterocycles. The van der Waals surface area contributed by atoms with Gasteiger partial charge in [-0.05, 0) is 43.3 Å². The van der Waals surface area contributed by atoms with Gasteiger partial charge in [0.25, 0.3) is 0 Å². The van der Waals surface area contributed by atoms with E-state index in [4.69, 9.17) is 0 Å². The first-order valence-electron chi connectivity index (χ1n) is 8.20. The number of halogens is 3. The number of sulfonamides is 1. The normalized spacial score (nSPS) is 16.4. The average Bonchev–Trinajstić information content (AvgIpc) is 2.61. The van der Waals surface area contributed by atoms with Crippen molar-refractivity contribution in [3.63, 3.8) is 0 Å². The van der Waals surface area contributed by atoms with E-state index in [9.17, 15) is 21.6 Å². The Labute approximate surface area is 155 Å². The van der Waals surface area contributed by atoms with Crippen molar-refractivity contribution in [2.75, 3.05) is 31.1 Å². The van der Waals surface area contributed by atoms with Crippen molar-refractivity contribution in [1.82, 2.24) is 9.29 Å². The van der Waals surface area contributed by atoms with Crippen LogP contribution >= 0.6 is 0 Å². The van der Waals surface area contributed by atoms with Crippen molar-refractivity contribution in [2.24, 2.45) is 0 Å². The number of nitrogens with zero attached hydrogens (tertiary/aromatic N) is 3. The molecular formula is C17H18F3N3O3S. The molecule has 2 aromatic rings. The van der Waals surface area contributed by atoms with Gasteiger partial charge in [0.2, 0.25) is 10.0 Å². The summed E-state index contributed by atoms with van der Waals surface area (Å²) in [5, 5.41) is 0. The van der Waals surface area contributed by atoms with Crippen LogP contribution in [0.25, 0.3) is 0 Å². The number of hydrogen-bond donors (Lipinski definition) is 0. The molecule has 1 aliphatic heterocycles. The van der Waals surface area contributed by atoms with E-state index < -0.39 is 22.1 Å². The zero-order valence-electron chi connectivity index (χ0n) is 14.5. The molecule has 0 aliphatic carbocycles. The first-order valence-corrected chi connectivity index (χ1v) is 9.64. The van der Waals surface area contributed by atoms with Gasteiger partial charge in [0, 0.05) is 31.9 Å². The predicted molar refractivity (Wildman–Crippen MR) is 93.1 cm³/mol. The molecule has 2 heterocycles. The van der Waals surface area contributed by atoms with Gasteiger partial charge in [-0.3, -0.25) is 0 Å². The molecule has 0 amide bonds. The van der Waals surface area contributed by atoms with Gasteiger partial charge in [0.15, 0.2) is 0 Å². The molecule has 6 nitrogen and oxygen atoms in total. The third kappa shape index (κ3) is 4.69. The molecule has 0 unspecified atom stereocenters. The van der Waals surface area contributed by atoms with E-state index in [1.807, 2.05) is 30.0 Å². The Hall–Kier alpha value is -2.33. The van der Waals surface area contributed by atoms with Crippen molar-refractivity contribution in [3.05, 3.63) is 48.2 Å². The quantitative estimate of drug-likeness (QED) is 0.789. The van der Waals surface area contributed by atoms with Gasteiger partial charge in [0.05, 0.1) is 4.90 Å². The van der Waals surface area contributed by atoms with Gasteiger partial charge in [-0.1, -0.05) is 6.07 Å². The van der Waals surface area contributed by atoms with E-state index in [0.29, 0.717) is 13.1 Å². The van der Waals surface area contributed by atoms with Gasteiger partial charge in [-0.25, -0.2) is 13.4 Å². The van der Waals surface area contributed by atoms with E-state index >= 15 is 0 Å². The first-order chi connectivity index (χ1) is 12.6. The summed E-state index contributed by atoms with van der Waals surface area (Å²) in [5.41, 5.74) is 0.878. The molecule has 1 aliphatic rings. The molecule has 0 spiro atoms. The van der Waals surface area contributed by atoms with Crippen LogP contribution in [-0.2, 0) is 10.0 Å². The lowest BCUT2D eigenvalue weighted by Gasteiger charge is -2.34. The number of alkyl halides is 3. The molecule has 1 saturated heterocycles. The topological polar surface area (TPSA) is 62.7 Å². The lowest BCUT2D eigenvalue weighted by Crippen LogP contribution is -2.48. The summed E-state index contributed by atoms with van der Waals surface area (Å²) in [6, 6.07) is 9.87. The Bertz CT molecular complexity index is 894. The van der Waals surface area contributed by atoms with Crippen LogP contribution in [0.1, 0.15) is 5.69 Å². The molecular weight excluding hydrogens is 383 g/mol. The molecule has 1 aromatic carbocycles. The highest BCUT2D eigenvalue weighted by molar-refractivity contribution is 7.89. The summed E-state index contributed by atoms with van der Waals surface area (Å²) in [4.78, 5) is 6.36. The Balaban J connectivity index is 1.68. The fourth-order valence-electron chi connectivity index (χ4n) is 2.82. The summed E-state index contributed by atoms with van der Waals surface area (Å²) in [6.07, 6.45) is -4.82. The van der Waals surface area contributed by atoms with Crippen molar-refractivity contribution in [1.29, 1.82) is 0 Å². The van der Waals surface area contributed by atoms with E-state index in [1.54, 1.807) is 0 Å². The lowest BCUT2D eigenvalue weighted by atomic mass is 10.3. The van der Waals surface area contributed by atoms with Crippen molar-refractivity contribution in [3.8, 4) is 5.75 Å². The summed E-state index contributed by atoms with van der Waals surface area (Å²) < 4.78 is 67.1. The van der Waals surface area contributed by atoms with Gasteiger partial charge >= 0.3 is 6.36 Å². The lowest BCUT2D eigenvalue weighted by molar-refractivity contribution is -0.274. The smallest absolute Gasteiger partial charge is 0.406 e. The monoisotopic (exact) mass is 401 g/mol. The second-order valence-electron chi connectivity index (χ2n) is 6.05. The molecule has 1 fully saturated rings. The third-order valence-electron chi connectivity index (χ3n) is 4.13. The van der Waals surface area contributed by atoms with Crippen molar-refractivity contribution >= 4 is 15.8 Å². The number of hydrogen-bond acceptors (Lipinski definition) is 5. The van der Waals surface area contributed by atoms with Crippen molar-refractivity contribution < 1.29 is 26.3 Å². The van der Waals surface area contributed by atoms with Gasteiger partial charge in [-0.2, -0.15) is 4.31 Å². The van der Waals surface area contributed by atoms with E-state index in [2.05, 4.69) is 9.72 Å². The van der Waals surface area contributed by atoms with Crippen LogP contribution in [0.5, 0.6) is 5.75 Å². The number of pyridine rings is 1. The molecule has 0 saturated carbocycles. The summed E-state index contributed by atoms with van der Waals surface area (Å²) in [5.74, 6) is 0.331. The Morgan fingerprint density at radius 3 is 2.19 bits per heavy atom. The van der Waals surface area contributed by atoms with Gasteiger partial charge < -0.3 is 9.64 Å². The zero-order valence-corrected chi connectivity index (χ0v) is 15.3. The minimum absolute atomic E-state index is 0.0702. The number of ether oxygens (including phenoxy) is 1. The second-order valence-corrected chi connectivity index (χ2v) is 7.99. The third-order valence-corrected chi connectivity index (χ3v) is 6.04. The fourth-order valence-corrected chi connectivity index (χ4v) is 4.25. The minimum atomic E-state index is -4.82. The molecule has 146 valence electrons. The zero-order chi connectivity index (χ0) is 19.7. The summed E-state index contributed by atoms with van der Waals surface area (Å²) >= 11 is 0. The maximum absolute atomic E-state index is 12.7. The van der Waals surface area contributed by atoms with Gasteiger partial charge in [-0.15, -0.1) is 13.2 Å². The molecule has 27 heavy (non-hydrogen) atoms. The predicted octanol–water partition coefficient (Wildman–Crippen LogP) is 2.80. The SMILES string of the molecule is Cc1cccc(N2CCN(S(=O)(=O)c3ccc(OC(F)(F)F)cc3)CC2)n1. The molecule has 0 N–H and O–H groups in total. The van der Waals surface area contributed by atoms with E-state index in [-0.39, 0.29) is 18.0 Å².